The van der Waals surface area contributed by atoms with Crippen LogP contribution in [0.25, 0.3) is 11.3 Å². The minimum Gasteiger partial charge on any atom is -1.00 e. The number of rotatable bonds is 8. The molecule has 0 aliphatic carbocycles. The largest absolute Gasteiger partial charge is 1.00 e. The summed E-state index contributed by atoms with van der Waals surface area (Å²) in [6.07, 6.45) is 1.68. The number of pyridine rings is 1. The van der Waals surface area contributed by atoms with Crippen LogP contribution in [0.15, 0.2) is 66.9 Å². The van der Waals surface area contributed by atoms with E-state index in [-0.39, 0.29) is 53.9 Å². The maximum atomic E-state index is 12.1. The average Bonchev–Trinajstić information content (AvgIpc) is 2.75. The van der Waals surface area contributed by atoms with Crippen LogP contribution in [0.1, 0.15) is 11.8 Å². The van der Waals surface area contributed by atoms with Crippen molar-refractivity contribution in [1.82, 2.24) is 4.98 Å². The maximum absolute atomic E-state index is 12.1. The molecule has 3 rings (SSSR count). The quantitative estimate of drug-likeness (QED) is 0.426. The van der Waals surface area contributed by atoms with Crippen LogP contribution in [0.3, 0.4) is 0 Å². The summed E-state index contributed by atoms with van der Waals surface area (Å²) >= 11 is 5.78. The van der Waals surface area contributed by atoms with Crippen LogP contribution in [0.2, 0.25) is 5.02 Å². The van der Waals surface area contributed by atoms with Gasteiger partial charge in [0.15, 0.2) is 0 Å². The van der Waals surface area contributed by atoms with Crippen LogP contribution < -0.4 is 40.2 Å². The first-order valence-electron chi connectivity index (χ1n) is 9.14. The molecule has 0 saturated heterocycles. The van der Waals surface area contributed by atoms with E-state index in [0.29, 0.717) is 5.69 Å². The van der Waals surface area contributed by atoms with Gasteiger partial charge in [-0.3, -0.25) is 14.6 Å². The molecular weight excluding hydrogens is 445 g/mol. The van der Waals surface area contributed by atoms with Crippen LogP contribution >= 0.6 is 11.6 Å². The number of benzene rings is 2. The van der Waals surface area contributed by atoms with E-state index in [2.05, 4.69) is 15.6 Å². The number of hydrogen-bond acceptors (Lipinski definition) is 5. The first kappa shape index (κ1) is 25.5. The molecule has 0 saturated carbocycles. The molecule has 3 N–H and O–H groups in total. The van der Waals surface area contributed by atoms with Gasteiger partial charge in [0.1, 0.15) is 13.2 Å². The summed E-state index contributed by atoms with van der Waals surface area (Å²) in [5.41, 5.74) is 2.12. The Kier molecular flexibility index (Phi) is 9.83. The fraction of sp³-hybridized carbons (Fsp3) is 0.0909. The van der Waals surface area contributed by atoms with Gasteiger partial charge in [-0.05, 0) is 42.5 Å². The zero-order chi connectivity index (χ0) is 22.2. The van der Waals surface area contributed by atoms with Crippen molar-refractivity contribution in [3.05, 3.63) is 77.4 Å². The molecule has 2 aromatic carbocycles. The molecule has 0 aliphatic heterocycles. The summed E-state index contributed by atoms with van der Waals surface area (Å²) in [7, 11) is 0. The summed E-state index contributed by atoms with van der Waals surface area (Å²) in [5, 5.41) is 14.5. The molecule has 2 amide bonds. The number of carbonyl (C=O) groups excluding carboxylic acids is 2. The van der Waals surface area contributed by atoms with Gasteiger partial charge < -0.3 is 21.9 Å². The van der Waals surface area contributed by atoms with Gasteiger partial charge in [0, 0.05) is 22.5 Å². The SMILES string of the molecule is O=C(COCC(=O)Nc1ccc(Cl)cc1C(=O)O)Nc1cccc(-c2ccccn2)c1.[H-].[Na+]. The van der Waals surface area contributed by atoms with E-state index < -0.39 is 24.4 Å². The second kappa shape index (κ2) is 12.3. The molecule has 1 aromatic heterocycles. The van der Waals surface area contributed by atoms with Crippen molar-refractivity contribution >= 4 is 40.8 Å². The zero-order valence-electron chi connectivity index (χ0n) is 18.2. The number of aromatic carboxylic acids is 1. The molecule has 1 heterocycles. The van der Waals surface area contributed by atoms with Gasteiger partial charge in [-0.25, -0.2) is 4.79 Å². The number of nitrogens with zero attached hydrogens (tertiary/aromatic N) is 1. The number of carboxylic acid groups (broad SMARTS) is 1. The number of ether oxygens (including phenoxy) is 1. The van der Waals surface area contributed by atoms with Crippen molar-refractivity contribution in [2.75, 3.05) is 23.8 Å². The summed E-state index contributed by atoms with van der Waals surface area (Å²) in [5.74, 6) is -2.27. The Bertz CT molecular complexity index is 1120. The third-order valence-corrected chi connectivity index (χ3v) is 4.29. The Balaban J connectivity index is 0.00000272. The Morgan fingerprint density at radius 3 is 2.41 bits per heavy atom. The molecule has 0 radical (unpaired) electrons. The number of nitrogens with one attached hydrogen (secondary N) is 2. The van der Waals surface area contributed by atoms with E-state index in [9.17, 15) is 19.5 Å². The van der Waals surface area contributed by atoms with E-state index >= 15 is 0 Å². The van der Waals surface area contributed by atoms with Crippen LogP contribution in [-0.2, 0) is 14.3 Å². The van der Waals surface area contributed by atoms with Gasteiger partial charge in [-0.15, -0.1) is 0 Å². The number of carboxylic acids is 1. The summed E-state index contributed by atoms with van der Waals surface area (Å²) in [6.45, 7) is -0.781. The Labute approximate surface area is 212 Å². The number of halogens is 1. The second-order valence-electron chi connectivity index (χ2n) is 6.38. The summed E-state index contributed by atoms with van der Waals surface area (Å²) in [4.78, 5) is 39.6. The third-order valence-electron chi connectivity index (χ3n) is 4.06. The monoisotopic (exact) mass is 463 g/mol. The molecule has 0 bridgehead atoms. The van der Waals surface area contributed by atoms with Crippen molar-refractivity contribution < 1.29 is 55.2 Å². The number of amides is 2. The average molecular weight is 464 g/mol. The van der Waals surface area contributed by atoms with Gasteiger partial charge in [0.25, 0.3) is 0 Å². The van der Waals surface area contributed by atoms with Crippen molar-refractivity contribution in [3.8, 4) is 11.3 Å². The van der Waals surface area contributed by atoms with E-state index in [4.69, 9.17) is 16.3 Å². The molecule has 8 nitrogen and oxygen atoms in total. The molecule has 0 aliphatic rings. The molecule has 10 heteroatoms. The van der Waals surface area contributed by atoms with Crippen molar-refractivity contribution in [3.63, 3.8) is 0 Å². The van der Waals surface area contributed by atoms with E-state index in [1.807, 2.05) is 24.3 Å². The number of anilines is 2. The van der Waals surface area contributed by atoms with Crippen LogP contribution in [0, 0.1) is 0 Å². The van der Waals surface area contributed by atoms with Gasteiger partial charge in [0.05, 0.1) is 16.9 Å². The number of hydrogen-bond donors (Lipinski definition) is 3. The van der Waals surface area contributed by atoms with Gasteiger partial charge in [-0.1, -0.05) is 29.8 Å². The molecule has 160 valence electrons. The second-order valence-corrected chi connectivity index (χ2v) is 6.82. The van der Waals surface area contributed by atoms with Crippen LogP contribution in [0.5, 0.6) is 0 Å². The fourth-order valence-electron chi connectivity index (χ4n) is 2.71. The number of carbonyl (C=O) groups is 3. The van der Waals surface area contributed by atoms with Crippen molar-refractivity contribution in [2.24, 2.45) is 0 Å². The van der Waals surface area contributed by atoms with Gasteiger partial charge in [-0.2, -0.15) is 0 Å². The van der Waals surface area contributed by atoms with Crippen molar-refractivity contribution in [1.29, 1.82) is 0 Å². The molecule has 0 atom stereocenters. The Morgan fingerprint density at radius 2 is 1.72 bits per heavy atom. The zero-order valence-corrected chi connectivity index (χ0v) is 19.9. The molecule has 32 heavy (non-hydrogen) atoms. The van der Waals surface area contributed by atoms with Crippen LogP contribution in [0.4, 0.5) is 11.4 Å². The Hall–Kier alpha value is -2.75. The van der Waals surface area contributed by atoms with Gasteiger partial charge >= 0.3 is 35.5 Å². The van der Waals surface area contributed by atoms with E-state index in [0.717, 1.165) is 11.3 Å². The minimum absolute atomic E-state index is 0. The predicted octanol–water partition coefficient (Wildman–Crippen LogP) is 0.810. The summed E-state index contributed by atoms with van der Waals surface area (Å²) in [6, 6.07) is 16.8. The van der Waals surface area contributed by atoms with E-state index in [1.54, 1.807) is 24.4 Å². The topological polar surface area (TPSA) is 118 Å². The molecule has 3 aromatic rings. The first-order chi connectivity index (χ1) is 14.9. The first-order valence-corrected chi connectivity index (χ1v) is 9.52. The molecular formula is C22H19ClN3NaO5. The fourth-order valence-corrected chi connectivity index (χ4v) is 2.88. The normalized spacial score (nSPS) is 10.0. The maximum Gasteiger partial charge on any atom is 1.00 e. The standard InChI is InChI=1S/C22H18ClN3O5.Na.H/c23-15-7-8-19(17(11-15)22(29)30)26-21(28)13-31-12-20(27)25-16-5-3-4-14(10-16)18-6-1-2-9-24-18;;/h1-11H,12-13H2,(H,25,27)(H,26,28)(H,29,30);;/q;+1;-1. The molecule has 0 unspecified atom stereocenters. The predicted molar refractivity (Wildman–Crippen MR) is 117 cm³/mol. The molecule has 0 spiro atoms. The van der Waals surface area contributed by atoms with Crippen molar-refractivity contribution in [2.45, 2.75) is 0 Å². The van der Waals surface area contributed by atoms with Crippen LogP contribution in [-0.4, -0.2) is 41.1 Å². The number of aromatic nitrogens is 1. The third kappa shape index (κ3) is 7.44. The minimum atomic E-state index is -1.23. The van der Waals surface area contributed by atoms with Gasteiger partial charge in [0.2, 0.25) is 11.8 Å². The van der Waals surface area contributed by atoms with E-state index in [1.165, 1.54) is 18.2 Å². The Morgan fingerprint density at radius 1 is 0.969 bits per heavy atom. The summed E-state index contributed by atoms with van der Waals surface area (Å²) < 4.78 is 5.13. The molecule has 0 fully saturated rings. The smallest absolute Gasteiger partial charge is 1.00 e.